The first-order valence-corrected chi connectivity index (χ1v) is 2.34. The van der Waals surface area contributed by atoms with Crippen molar-refractivity contribution in [2.45, 2.75) is 0 Å². The number of rotatable bonds is 0. The predicted octanol–water partition coefficient (Wildman–Crippen LogP) is -1.23. The van der Waals surface area contributed by atoms with Crippen LogP contribution in [0.3, 0.4) is 0 Å². The van der Waals surface area contributed by atoms with Gasteiger partial charge in [0.05, 0.1) is 0 Å². The van der Waals surface area contributed by atoms with Crippen molar-refractivity contribution in [1.29, 1.82) is 0 Å². The summed E-state index contributed by atoms with van der Waals surface area (Å²) in [6, 6.07) is 0. The molecule has 0 fully saturated rings. The van der Waals surface area contributed by atoms with Crippen molar-refractivity contribution in [3.8, 4) is 0 Å². The third-order valence-electron chi connectivity index (χ3n) is 0.236. The maximum absolute atomic E-state index is 9.75. The Kier molecular flexibility index (Phi) is 3.72. The molecule has 0 aliphatic heterocycles. The maximum atomic E-state index is 9.75. The Labute approximate surface area is 52.1 Å². The second-order valence-corrected chi connectivity index (χ2v) is 1.12. The first kappa shape index (κ1) is 6.33. The molecule has 0 N–H and O–H groups in total. The highest BCUT2D eigenvalue weighted by Crippen LogP contribution is 1.70. The first-order chi connectivity index (χ1) is 2.81. The molecule has 6 heavy (non-hydrogen) atoms. The summed E-state index contributed by atoms with van der Waals surface area (Å²) in [5.41, 5.74) is 0. The van der Waals surface area contributed by atoms with Crippen LogP contribution in [0.5, 0.6) is 0 Å². The molecule has 0 rings (SSSR count). The van der Waals surface area contributed by atoms with Crippen LogP contribution in [0.2, 0.25) is 0 Å². The summed E-state index contributed by atoms with van der Waals surface area (Å²) in [6.07, 6.45) is -0.633. The lowest BCUT2D eigenvalue weighted by molar-refractivity contribution is 0.160. The Morgan fingerprint density at radius 3 is 1.67 bits per heavy atom. The largest absolute Gasteiger partial charge is 0.596 e. The quantitative estimate of drug-likeness (QED) is 0.372. The van der Waals surface area contributed by atoms with Gasteiger partial charge in [-0.2, -0.15) is 0 Å². The van der Waals surface area contributed by atoms with Crippen LogP contribution in [0.15, 0.2) is 0 Å². The van der Waals surface area contributed by atoms with Gasteiger partial charge in [0, 0.05) is 0 Å². The van der Waals surface area contributed by atoms with Gasteiger partial charge < -0.3 is 7.58 Å². The van der Waals surface area contributed by atoms with E-state index < -0.39 is 6.16 Å². The number of carbonyl (C=O) groups is 1. The van der Waals surface area contributed by atoms with Gasteiger partial charge in [-0.3, -0.25) is 0 Å². The fourth-order valence-corrected chi connectivity index (χ4v) is 0.375. The molecular formula is CH2Al2O3. The van der Waals surface area contributed by atoms with E-state index in [1.54, 1.807) is 0 Å². The Hall–Kier alpha value is 0.335. The molecular weight excluding hydrogens is 114 g/mol. The highest BCUT2D eigenvalue weighted by molar-refractivity contribution is 6.09. The molecule has 0 saturated heterocycles. The third-order valence-corrected chi connectivity index (χ3v) is 0.707. The fraction of sp³-hybridized carbons (Fsp3) is 0. The third kappa shape index (κ3) is 2.57. The van der Waals surface area contributed by atoms with E-state index in [2.05, 4.69) is 7.58 Å². The van der Waals surface area contributed by atoms with Crippen LogP contribution in [0.25, 0.3) is 0 Å². The topological polar surface area (TPSA) is 35.5 Å². The van der Waals surface area contributed by atoms with Crippen molar-refractivity contribution in [2.75, 3.05) is 0 Å². The van der Waals surface area contributed by atoms with Crippen LogP contribution in [0, 0.1) is 0 Å². The van der Waals surface area contributed by atoms with E-state index >= 15 is 0 Å². The van der Waals surface area contributed by atoms with E-state index in [-0.39, 0.29) is 0 Å². The SMILES string of the molecule is O=C([O][AlH])[O][AlH]. The summed E-state index contributed by atoms with van der Waals surface area (Å²) >= 11 is 2.18. The van der Waals surface area contributed by atoms with E-state index in [1.165, 1.54) is 0 Å². The fourth-order valence-electron chi connectivity index (χ4n) is 0.0417. The molecule has 2 radical (unpaired) electrons. The zero-order valence-corrected chi connectivity index (χ0v) is 5.97. The maximum Gasteiger partial charge on any atom is 0.501 e. The van der Waals surface area contributed by atoms with E-state index in [4.69, 9.17) is 0 Å². The van der Waals surface area contributed by atoms with Gasteiger partial charge in [0.1, 0.15) is 0 Å². The number of hydrogen-bond donors (Lipinski definition) is 0. The minimum atomic E-state index is -0.633. The van der Waals surface area contributed by atoms with Gasteiger partial charge in [-0.05, 0) is 0 Å². The number of carbonyl (C=O) groups excluding carboxylic acids is 1. The van der Waals surface area contributed by atoms with Gasteiger partial charge in [-0.1, -0.05) is 0 Å². The second kappa shape index (κ2) is 3.52. The van der Waals surface area contributed by atoms with Crippen molar-refractivity contribution in [3.63, 3.8) is 0 Å². The molecule has 0 bridgehead atoms. The molecule has 0 spiro atoms. The summed E-state index contributed by atoms with van der Waals surface area (Å²) in [5.74, 6) is 0. The van der Waals surface area contributed by atoms with Crippen molar-refractivity contribution >= 4 is 39.4 Å². The van der Waals surface area contributed by atoms with Crippen molar-refractivity contribution in [1.82, 2.24) is 0 Å². The van der Waals surface area contributed by atoms with Gasteiger partial charge in [0.2, 0.25) is 0 Å². The lowest BCUT2D eigenvalue weighted by Crippen LogP contribution is -2.00. The molecule has 0 aromatic rings. The summed E-state index contributed by atoms with van der Waals surface area (Å²) in [7, 11) is 0. The van der Waals surface area contributed by atoms with Crippen LogP contribution in [0.1, 0.15) is 0 Å². The number of hydrogen-bond acceptors (Lipinski definition) is 3. The van der Waals surface area contributed by atoms with Crippen LogP contribution in [0.4, 0.5) is 4.79 Å². The van der Waals surface area contributed by atoms with Crippen molar-refractivity contribution in [3.05, 3.63) is 0 Å². The molecule has 0 heterocycles. The summed E-state index contributed by atoms with van der Waals surface area (Å²) in [6.45, 7) is 0. The molecule has 0 amide bonds. The lowest BCUT2D eigenvalue weighted by Gasteiger charge is -1.95. The Morgan fingerprint density at radius 1 is 1.33 bits per heavy atom. The highest BCUT2D eigenvalue weighted by atomic mass is 27.1. The zero-order valence-electron chi connectivity index (χ0n) is 3.14. The second-order valence-electron chi connectivity index (χ2n) is 0.539. The van der Waals surface area contributed by atoms with Crippen molar-refractivity contribution in [2.24, 2.45) is 0 Å². The van der Waals surface area contributed by atoms with Gasteiger partial charge in [0.15, 0.2) is 0 Å². The normalized spacial score (nSPS) is 6.67. The van der Waals surface area contributed by atoms with E-state index in [0.717, 1.165) is 33.2 Å². The zero-order chi connectivity index (χ0) is 4.99. The molecule has 0 aliphatic carbocycles. The van der Waals surface area contributed by atoms with Crippen LogP contribution >= 0.6 is 0 Å². The Balaban J connectivity index is 2.99. The molecule has 30 valence electrons. The average Bonchev–Trinajstić information content (AvgIpc) is 1.65. The highest BCUT2D eigenvalue weighted by Gasteiger charge is 1.85. The van der Waals surface area contributed by atoms with Gasteiger partial charge in [-0.15, -0.1) is 0 Å². The Bertz CT molecular complexity index is 46.8. The van der Waals surface area contributed by atoms with Crippen LogP contribution in [-0.4, -0.2) is 39.4 Å². The smallest absolute Gasteiger partial charge is 0.501 e. The molecule has 3 nitrogen and oxygen atoms in total. The summed E-state index contributed by atoms with van der Waals surface area (Å²) < 4.78 is 8.15. The lowest BCUT2D eigenvalue weighted by atomic mass is 11.5. The first-order valence-electron chi connectivity index (χ1n) is 1.19. The van der Waals surface area contributed by atoms with E-state index in [0.29, 0.717) is 0 Å². The van der Waals surface area contributed by atoms with Gasteiger partial charge >= 0.3 is 39.4 Å². The standard InChI is InChI=1S/CH2O3.2Al.2H/c2-1(3)4;;;;/h(H2,2,3,4);;;;/q;2*+1;;/p-2. The molecule has 0 aromatic carbocycles. The van der Waals surface area contributed by atoms with Gasteiger partial charge in [0.25, 0.3) is 0 Å². The van der Waals surface area contributed by atoms with Crippen LogP contribution < -0.4 is 0 Å². The minimum Gasteiger partial charge on any atom is -0.596 e. The molecule has 0 atom stereocenters. The summed E-state index contributed by atoms with van der Waals surface area (Å²) in [5, 5.41) is 0. The monoisotopic (exact) mass is 116 g/mol. The van der Waals surface area contributed by atoms with Gasteiger partial charge in [-0.25, -0.2) is 4.79 Å². The Morgan fingerprint density at radius 2 is 1.67 bits per heavy atom. The minimum absolute atomic E-state index is 0.633. The molecule has 0 saturated carbocycles. The molecule has 0 aromatic heterocycles. The predicted molar refractivity (Wildman–Crippen MR) is 21.9 cm³/mol. The molecule has 0 aliphatic rings. The molecule has 0 unspecified atom stereocenters. The average molecular weight is 116 g/mol. The summed E-state index contributed by atoms with van der Waals surface area (Å²) in [4.78, 5) is 9.75. The van der Waals surface area contributed by atoms with Crippen molar-refractivity contribution < 1.29 is 12.4 Å². The van der Waals surface area contributed by atoms with Crippen LogP contribution in [-0.2, 0) is 7.58 Å². The van der Waals surface area contributed by atoms with E-state index in [1.807, 2.05) is 0 Å². The molecule has 5 heteroatoms. The van der Waals surface area contributed by atoms with E-state index in [9.17, 15) is 4.79 Å².